The zero-order valence-electron chi connectivity index (χ0n) is 8.96. The fourth-order valence-corrected chi connectivity index (χ4v) is 1.89. The molecule has 2 N–H and O–H groups in total. The van der Waals surface area contributed by atoms with E-state index in [1.54, 1.807) is 12.1 Å². The molecule has 1 unspecified atom stereocenters. The Labute approximate surface area is 94.3 Å². The van der Waals surface area contributed by atoms with Crippen molar-refractivity contribution in [3.05, 3.63) is 29.6 Å². The maximum Gasteiger partial charge on any atom is 0.147 e. The number of benzene rings is 1. The minimum atomic E-state index is -0.364. The number of nitrogens with zero attached hydrogens (tertiary/aromatic N) is 1. The molecule has 1 heterocycles. The number of nitrogens with one attached hydrogen (secondary N) is 2. The number of rotatable bonds is 3. The first-order valence-electron chi connectivity index (χ1n) is 5.46. The summed E-state index contributed by atoms with van der Waals surface area (Å²) < 4.78 is 13.5. The lowest BCUT2D eigenvalue weighted by Crippen LogP contribution is -2.29. The van der Waals surface area contributed by atoms with Gasteiger partial charge in [-0.15, -0.1) is 0 Å². The third-order valence-electron chi connectivity index (χ3n) is 2.80. The zero-order valence-corrected chi connectivity index (χ0v) is 8.96. The van der Waals surface area contributed by atoms with Gasteiger partial charge in [0.25, 0.3) is 0 Å². The summed E-state index contributed by atoms with van der Waals surface area (Å²) in [5.74, 6) is -0.364. The fraction of sp³-hybridized carbons (Fsp3) is 0.417. The highest BCUT2D eigenvalue weighted by Crippen LogP contribution is 2.16. The van der Waals surface area contributed by atoms with E-state index in [1.807, 2.05) is 6.07 Å². The summed E-state index contributed by atoms with van der Waals surface area (Å²) in [5.41, 5.74) is 0.815. The Hall–Kier alpha value is -1.60. The van der Waals surface area contributed by atoms with Gasteiger partial charge in [0.2, 0.25) is 0 Å². The lowest BCUT2D eigenvalue weighted by Gasteiger charge is -2.13. The van der Waals surface area contributed by atoms with Gasteiger partial charge in [-0.25, -0.2) is 4.39 Å². The minimum Gasteiger partial charge on any atom is -0.381 e. The second-order valence-corrected chi connectivity index (χ2v) is 3.98. The molecule has 1 atom stereocenters. The van der Waals surface area contributed by atoms with Crippen LogP contribution in [0.4, 0.5) is 10.1 Å². The third kappa shape index (κ3) is 2.50. The van der Waals surface area contributed by atoms with Crippen molar-refractivity contribution < 1.29 is 4.39 Å². The largest absolute Gasteiger partial charge is 0.381 e. The minimum absolute atomic E-state index is 0.349. The number of hydrogen-bond acceptors (Lipinski definition) is 3. The molecule has 0 aliphatic carbocycles. The molecule has 2 rings (SSSR count). The Kier molecular flexibility index (Phi) is 3.37. The summed E-state index contributed by atoms with van der Waals surface area (Å²) in [5, 5.41) is 15.0. The quantitative estimate of drug-likeness (QED) is 0.815. The van der Waals surface area contributed by atoms with Crippen LogP contribution in [-0.2, 0) is 0 Å². The van der Waals surface area contributed by atoms with Crippen LogP contribution in [0.3, 0.4) is 0 Å². The summed E-state index contributed by atoms with van der Waals surface area (Å²) in [6.45, 7) is 1.77. The van der Waals surface area contributed by atoms with Crippen molar-refractivity contribution in [1.82, 2.24) is 5.32 Å². The van der Waals surface area contributed by atoms with E-state index in [2.05, 4.69) is 10.6 Å². The van der Waals surface area contributed by atoms with Crippen LogP contribution < -0.4 is 10.6 Å². The van der Waals surface area contributed by atoms with Gasteiger partial charge in [0.1, 0.15) is 5.82 Å². The molecule has 0 radical (unpaired) electrons. The van der Waals surface area contributed by atoms with Crippen molar-refractivity contribution in [1.29, 1.82) is 5.26 Å². The normalized spacial score (nSPS) is 19.4. The average molecular weight is 219 g/mol. The van der Waals surface area contributed by atoms with Crippen molar-refractivity contribution in [3.8, 4) is 6.07 Å². The van der Waals surface area contributed by atoms with Crippen LogP contribution in [0.15, 0.2) is 18.2 Å². The van der Waals surface area contributed by atoms with Crippen molar-refractivity contribution >= 4 is 5.69 Å². The smallest absolute Gasteiger partial charge is 0.147 e. The highest BCUT2D eigenvalue weighted by Gasteiger charge is 2.14. The number of nitriles is 1. The molecular formula is C12H14FN3. The molecule has 0 amide bonds. The van der Waals surface area contributed by atoms with E-state index in [9.17, 15) is 4.39 Å². The molecule has 1 aliphatic rings. The molecule has 3 nitrogen and oxygen atoms in total. The Balaban J connectivity index is 1.96. The van der Waals surface area contributed by atoms with Crippen molar-refractivity contribution in [2.45, 2.75) is 18.9 Å². The SMILES string of the molecule is N#Cc1ccc(NCC2CCCN2)c(F)c1. The molecule has 4 heteroatoms. The van der Waals surface area contributed by atoms with Gasteiger partial charge in [-0.2, -0.15) is 5.26 Å². The van der Waals surface area contributed by atoms with Crippen molar-refractivity contribution in [2.75, 3.05) is 18.4 Å². The van der Waals surface area contributed by atoms with Crippen molar-refractivity contribution in [2.24, 2.45) is 0 Å². The predicted octanol–water partition coefficient (Wildman–Crippen LogP) is 1.86. The van der Waals surface area contributed by atoms with Crippen LogP contribution in [0, 0.1) is 17.1 Å². The predicted molar refractivity (Wildman–Crippen MR) is 60.6 cm³/mol. The van der Waals surface area contributed by atoms with Gasteiger partial charge in [-0.05, 0) is 37.6 Å². The van der Waals surface area contributed by atoms with Crippen LogP contribution in [0.2, 0.25) is 0 Å². The van der Waals surface area contributed by atoms with Crippen LogP contribution in [0.1, 0.15) is 18.4 Å². The maximum atomic E-state index is 13.5. The summed E-state index contributed by atoms with van der Waals surface area (Å²) in [4.78, 5) is 0. The van der Waals surface area contributed by atoms with Crippen LogP contribution in [0.5, 0.6) is 0 Å². The van der Waals surface area contributed by atoms with Crippen LogP contribution >= 0.6 is 0 Å². The molecule has 0 aromatic heterocycles. The first kappa shape index (κ1) is 10.9. The standard InChI is InChI=1S/C12H14FN3/c13-11-6-9(7-14)3-4-12(11)16-8-10-2-1-5-15-10/h3-4,6,10,15-16H,1-2,5,8H2. The van der Waals surface area contributed by atoms with Crippen LogP contribution in [-0.4, -0.2) is 19.1 Å². The molecule has 0 spiro atoms. The number of hydrogen-bond donors (Lipinski definition) is 2. The Morgan fingerprint density at radius 2 is 2.44 bits per heavy atom. The monoisotopic (exact) mass is 219 g/mol. The number of halogens is 1. The van der Waals surface area contributed by atoms with Gasteiger partial charge in [-0.1, -0.05) is 0 Å². The second kappa shape index (κ2) is 4.95. The van der Waals surface area contributed by atoms with Gasteiger partial charge in [0.05, 0.1) is 17.3 Å². The summed E-state index contributed by atoms with van der Waals surface area (Å²) in [6, 6.07) is 6.82. The van der Waals surface area contributed by atoms with Gasteiger partial charge in [0, 0.05) is 12.6 Å². The van der Waals surface area contributed by atoms with E-state index in [4.69, 9.17) is 5.26 Å². The van der Waals surface area contributed by atoms with Gasteiger partial charge >= 0.3 is 0 Å². The van der Waals surface area contributed by atoms with Gasteiger partial charge < -0.3 is 10.6 Å². The van der Waals surface area contributed by atoms with E-state index in [-0.39, 0.29) is 5.82 Å². The second-order valence-electron chi connectivity index (χ2n) is 3.98. The van der Waals surface area contributed by atoms with E-state index in [1.165, 1.54) is 12.5 Å². The Morgan fingerprint density at radius 3 is 3.06 bits per heavy atom. The fourth-order valence-electron chi connectivity index (χ4n) is 1.89. The highest BCUT2D eigenvalue weighted by atomic mass is 19.1. The van der Waals surface area contributed by atoms with Gasteiger partial charge in [0.15, 0.2) is 0 Å². The average Bonchev–Trinajstić information content (AvgIpc) is 2.80. The molecular weight excluding hydrogens is 205 g/mol. The van der Waals surface area contributed by atoms with Gasteiger partial charge in [-0.3, -0.25) is 0 Å². The lowest BCUT2D eigenvalue weighted by molar-refractivity contribution is 0.613. The van der Waals surface area contributed by atoms with E-state index in [0.717, 1.165) is 19.5 Å². The van der Waals surface area contributed by atoms with E-state index >= 15 is 0 Å². The molecule has 16 heavy (non-hydrogen) atoms. The molecule has 84 valence electrons. The maximum absolute atomic E-state index is 13.5. The molecule has 0 saturated carbocycles. The van der Waals surface area contributed by atoms with Crippen molar-refractivity contribution in [3.63, 3.8) is 0 Å². The van der Waals surface area contributed by atoms with E-state index in [0.29, 0.717) is 17.3 Å². The molecule has 1 aliphatic heterocycles. The highest BCUT2D eigenvalue weighted by molar-refractivity contribution is 5.48. The first-order valence-corrected chi connectivity index (χ1v) is 5.46. The molecule has 0 bridgehead atoms. The molecule has 1 saturated heterocycles. The lowest BCUT2D eigenvalue weighted by atomic mass is 10.2. The molecule has 1 fully saturated rings. The van der Waals surface area contributed by atoms with E-state index < -0.39 is 0 Å². The Morgan fingerprint density at radius 1 is 1.56 bits per heavy atom. The zero-order chi connectivity index (χ0) is 11.4. The topological polar surface area (TPSA) is 47.9 Å². The summed E-state index contributed by atoms with van der Waals surface area (Å²) >= 11 is 0. The molecule has 1 aromatic carbocycles. The van der Waals surface area contributed by atoms with Crippen LogP contribution in [0.25, 0.3) is 0 Å². The Bertz CT molecular complexity index is 405. The molecule has 1 aromatic rings. The third-order valence-corrected chi connectivity index (χ3v) is 2.80. The summed E-state index contributed by atoms with van der Waals surface area (Å²) in [6.07, 6.45) is 2.31. The number of anilines is 1. The first-order chi connectivity index (χ1) is 7.79. The summed E-state index contributed by atoms with van der Waals surface area (Å²) in [7, 11) is 0.